The van der Waals surface area contributed by atoms with Crippen molar-refractivity contribution in [1.29, 1.82) is 0 Å². The van der Waals surface area contributed by atoms with E-state index in [9.17, 15) is 9.59 Å². The summed E-state index contributed by atoms with van der Waals surface area (Å²) >= 11 is 0. The maximum Gasteiger partial charge on any atom is 0.312 e. The van der Waals surface area contributed by atoms with Crippen LogP contribution in [0, 0.1) is 0 Å². The number of hydrogen-bond donors (Lipinski definition) is 3. The van der Waals surface area contributed by atoms with E-state index in [1.807, 2.05) is 30.3 Å². The Bertz CT molecular complexity index is 771. The van der Waals surface area contributed by atoms with E-state index in [2.05, 4.69) is 39.8 Å². The molecule has 0 bridgehead atoms. The molecule has 0 saturated carbocycles. The van der Waals surface area contributed by atoms with Gasteiger partial charge in [-0.2, -0.15) is 0 Å². The molecule has 1 atom stereocenters. The van der Waals surface area contributed by atoms with Crippen molar-refractivity contribution in [2.24, 2.45) is 5.73 Å². The number of hydrogen-bond acceptors (Lipinski definition) is 3. The Kier molecular flexibility index (Phi) is 7.03. The topological polar surface area (TPSA) is 87.5 Å². The molecule has 28 heavy (non-hydrogen) atoms. The highest BCUT2D eigenvalue weighted by Gasteiger charge is 2.17. The third kappa shape index (κ3) is 6.09. The van der Waals surface area contributed by atoms with Crippen LogP contribution < -0.4 is 16.4 Å². The molecule has 2 aromatic carbocycles. The Hall–Kier alpha value is -2.86. The van der Waals surface area contributed by atoms with Gasteiger partial charge < -0.3 is 16.4 Å². The van der Waals surface area contributed by atoms with Gasteiger partial charge in [0.05, 0.1) is 12.5 Å². The molecule has 3 amide bonds. The van der Waals surface area contributed by atoms with Crippen LogP contribution in [0.3, 0.4) is 0 Å². The number of carbonyl (C=O) groups is 2. The Morgan fingerprint density at radius 1 is 0.964 bits per heavy atom. The lowest BCUT2D eigenvalue weighted by atomic mass is 10.0. The molecule has 1 aliphatic rings. The number of amides is 3. The number of urea groups is 1. The summed E-state index contributed by atoms with van der Waals surface area (Å²) < 4.78 is 0. The van der Waals surface area contributed by atoms with E-state index in [1.54, 1.807) is 0 Å². The van der Waals surface area contributed by atoms with Gasteiger partial charge in [0.15, 0.2) is 0 Å². The highest BCUT2D eigenvalue weighted by Crippen LogP contribution is 2.17. The van der Waals surface area contributed by atoms with Crippen molar-refractivity contribution >= 4 is 11.9 Å². The molecule has 3 rings (SSSR count). The molecule has 6 nitrogen and oxygen atoms in total. The van der Waals surface area contributed by atoms with E-state index in [4.69, 9.17) is 5.73 Å². The number of rotatable bonds is 8. The molecular weight excluding hydrogens is 352 g/mol. The van der Waals surface area contributed by atoms with Crippen LogP contribution in [-0.4, -0.2) is 29.9 Å². The predicted octanol–water partition coefficient (Wildman–Crippen LogP) is 2.70. The summed E-state index contributed by atoms with van der Waals surface area (Å²) in [4.78, 5) is 26.1. The summed E-state index contributed by atoms with van der Waals surface area (Å²) in [5, 5.41) is 5.56. The Morgan fingerprint density at radius 3 is 2.25 bits per heavy atom. The van der Waals surface area contributed by atoms with Gasteiger partial charge in [0, 0.05) is 13.1 Å². The number of likely N-dealkylation sites (tertiary alicyclic amines) is 1. The van der Waals surface area contributed by atoms with Crippen molar-refractivity contribution in [3.63, 3.8) is 0 Å². The van der Waals surface area contributed by atoms with Gasteiger partial charge in [0.25, 0.3) is 0 Å². The second-order valence-electron chi connectivity index (χ2n) is 7.25. The molecule has 2 aromatic rings. The van der Waals surface area contributed by atoms with Crippen LogP contribution in [0.2, 0.25) is 0 Å². The third-order valence-corrected chi connectivity index (χ3v) is 5.03. The average molecular weight is 380 g/mol. The monoisotopic (exact) mass is 380 g/mol. The van der Waals surface area contributed by atoms with E-state index < -0.39 is 12.1 Å². The zero-order valence-corrected chi connectivity index (χ0v) is 16.1. The van der Waals surface area contributed by atoms with Gasteiger partial charge in [-0.15, -0.1) is 0 Å². The molecule has 0 spiro atoms. The summed E-state index contributed by atoms with van der Waals surface area (Å²) in [6, 6.07) is 16.6. The lowest BCUT2D eigenvalue weighted by Gasteiger charge is -2.18. The molecule has 1 heterocycles. The minimum atomic E-state index is -0.643. The van der Waals surface area contributed by atoms with Gasteiger partial charge in [-0.05, 0) is 42.6 Å². The molecule has 148 valence electrons. The second-order valence-corrected chi connectivity index (χ2v) is 7.25. The minimum absolute atomic E-state index is 0.135. The molecule has 1 fully saturated rings. The fourth-order valence-corrected chi connectivity index (χ4v) is 3.53. The first kappa shape index (κ1) is 19.9. The second kappa shape index (κ2) is 9.90. The molecule has 0 aliphatic carbocycles. The molecule has 6 heteroatoms. The smallest absolute Gasteiger partial charge is 0.312 e. The predicted molar refractivity (Wildman–Crippen MR) is 109 cm³/mol. The average Bonchev–Trinajstić information content (AvgIpc) is 3.20. The molecular formula is C22H28N4O2. The van der Waals surface area contributed by atoms with E-state index >= 15 is 0 Å². The molecule has 0 aromatic heterocycles. The third-order valence-electron chi connectivity index (χ3n) is 5.03. The quantitative estimate of drug-likeness (QED) is 0.658. The highest BCUT2D eigenvalue weighted by molar-refractivity contribution is 5.78. The van der Waals surface area contributed by atoms with Crippen LogP contribution in [-0.2, 0) is 17.9 Å². The highest BCUT2D eigenvalue weighted by atomic mass is 16.2. The first-order chi connectivity index (χ1) is 13.6. The van der Waals surface area contributed by atoms with Crippen molar-refractivity contribution in [2.75, 3.05) is 13.1 Å². The largest absolute Gasteiger partial charge is 0.352 e. The molecule has 4 N–H and O–H groups in total. The van der Waals surface area contributed by atoms with Gasteiger partial charge in [-0.3, -0.25) is 9.69 Å². The molecule has 1 aliphatic heterocycles. The summed E-state index contributed by atoms with van der Waals surface area (Å²) in [5.74, 6) is -0.135. The number of primary amides is 1. The zero-order chi connectivity index (χ0) is 19.8. The Morgan fingerprint density at radius 2 is 1.61 bits per heavy atom. The minimum Gasteiger partial charge on any atom is -0.352 e. The number of benzene rings is 2. The summed E-state index contributed by atoms with van der Waals surface area (Å²) in [6.45, 7) is 3.81. The first-order valence-electron chi connectivity index (χ1n) is 9.78. The number of nitrogens with zero attached hydrogens (tertiary/aromatic N) is 1. The zero-order valence-electron chi connectivity index (χ0n) is 16.1. The van der Waals surface area contributed by atoms with Crippen molar-refractivity contribution in [2.45, 2.75) is 38.4 Å². The SMILES string of the molecule is NC(=O)N[C@H](CC(=O)NCc1ccc(CN2CCCC2)cc1)c1ccccc1. The van der Waals surface area contributed by atoms with Crippen LogP contribution in [0.15, 0.2) is 54.6 Å². The van der Waals surface area contributed by atoms with E-state index in [-0.39, 0.29) is 12.3 Å². The summed E-state index contributed by atoms with van der Waals surface area (Å²) in [5.41, 5.74) is 8.46. The lowest BCUT2D eigenvalue weighted by molar-refractivity contribution is -0.121. The number of nitrogens with two attached hydrogens (primary N) is 1. The van der Waals surface area contributed by atoms with Crippen molar-refractivity contribution in [1.82, 2.24) is 15.5 Å². The number of nitrogens with one attached hydrogen (secondary N) is 2. The van der Waals surface area contributed by atoms with Crippen LogP contribution >= 0.6 is 0 Å². The lowest BCUT2D eigenvalue weighted by Crippen LogP contribution is -2.36. The maximum absolute atomic E-state index is 12.4. The standard InChI is InChI=1S/C22H28N4O2/c23-22(28)25-20(19-6-2-1-3-7-19)14-21(27)24-15-17-8-10-18(11-9-17)16-26-12-4-5-13-26/h1-3,6-11,20H,4-5,12-16H2,(H,24,27)(H3,23,25,28)/t20-/m1/s1. The summed E-state index contributed by atoms with van der Waals surface area (Å²) in [6.07, 6.45) is 2.72. The fourth-order valence-electron chi connectivity index (χ4n) is 3.53. The molecule has 0 radical (unpaired) electrons. The van der Waals surface area contributed by atoms with Crippen LogP contribution in [0.4, 0.5) is 4.79 Å². The fraction of sp³-hybridized carbons (Fsp3) is 0.364. The van der Waals surface area contributed by atoms with Gasteiger partial charge >= 0.3 is 6.03 Å². The van der Waals surface area contributed by atoms with Gasteiger partial charge in [0.2, 0.25) is 5.91 Å². The molecule has 0 unspecified atom stereocenters. The summed E-state index contributed by atoms with van der Waals surface area (Å²) in [7, 11) is 0. The van der Waals surface area contributed by atoms with E-state index in [1.165, 1.54) is 31.5 Å². The van der Waals surface area contributed by atoms with E-state index in [0.29, 0.717) is 6.54 Å². The van der Waals surface area contributed by atoms with Crippen molar-refractivity contribution < 1.29 is 9.59 Å². The maximum atomic E-state index is 12.4. The normalized spacial score (nSPS) is 15.1. The van der Waals surface area contributed by atoms with Crippen LogP contribution in [0.5, 0.6) is 0 Å². The molecule has 1 saturated heterocycles. The van der Waals surface area contributed by atoms with Crippen molar-refractivity contribution in [3.05, 3.63) is 71.3 Å². The van der Waals surface area contributed by atoms with Crippen LogP contribution in [0.1, 0.15) is 42.0 Å². The Balaban J connectivity index is 1.50. The Labute approximate surface area is 166 Å². The van der Waals surface area contributed by atoms with Gasteiger partial charge in [-0.1, -0.05) is 54.6 Å². The van der Waals surface area contributed by atoms with Gasteiger partial charge in [0.1, 0.15) is 0 Å². The number of carbonyl (C=O) groups excluding carboxylic acids is 2. The first-order valence-corrected chi connectivity index (χ1v) is 9.78. The van der Waals surface area contributed by atoms with E-state index in [0.717, 1.165) is 17.7 Å². The van der Waals surface area contributed by atoms with Gasteiger partial charge in [-0.25, -0.2) is 4.79 Å². The van der Waals surface area contributed by atoms with Crippen LogP contribution in [0.25, 0.3) is 0 Å². The van der Waals surface area contributed by atoms with Crippen molar-refractivity contribution in [3.8, 4) is 0 Å².